The Morgan fingerprint density at radius 3 is 2.46 bits per heavy atom. The van der Waals surface area contributed by atoms with Gasteiger partial charge in [0, 0.05) is 10.4 Å². The zero-order valence-electron chi connectivity index (χ0n) is 12.7. The molecule has 1 amide bonds. The first kappa shape index (κ1) is 17.9. The molecule has 128 valence electrons. The van der Waals surface area contributed by atoms with Gasteiger partial charge in [-0.3, -0.25) is 14.9 Å². The van der Waals surface area contributed by atoms with Gasteiger partial charge >= 0.3 is 18.1 Å². The van der Waals surface area contributed by atoms with E-state index in [1.54, 1.807) is 17.4 Å². The third kappa shape index (κ3) is 4.10. The first-order valence-corrected chi connectivity index (χ1v) is 7.57. The van der Waals surface area contributed by atoms with Crippen molar-refractivity contribution < 1.29 is 27.9 Å². The zero-order valence-corrected chi connectivity index (χ0v) is 13.5. The highest BCUT2D eigenvalue weighted by Crippen LogP contribution is 2.33. The molecule has 0 radical (unpaired) electrons. The molecule has 0 saturated carbocycles. The summed E-state index contributed by atoms with van der Waals surface area (Å²) >= 11 is 0.713. The summed E-state index contributed by atoms with van der Waals surface area (Å²) < 4.78 is 37.0. The lowest BCUT2D eigenvalue weighted by Crippen LogP contribution is -2.29. The van der Waals surface area contributed by atoms with Crippen molar-refractivity contribution >= 4 is 28.3 Å². The van der Waals surface area contributed by atoms with Gasteiger partial charge < -0.3 is 5.11 Å². The number of carboxylic acids is 1. The van der Waals surface area contributed by atoms with Crippen LogP contribution >= 0.6 is 11.3 Å². The molecular formula is C15H13F3N2O3S. The van der Waals surface area contributed by atoms with Crippen LogP contribution < -0.4 is 5.32 Å². The van der Waals surface area contributed by atoms with Crippen molar-refractivity contribution in [2.75, 3.05) is 5.32 Å². The number of nitrogens with zero attached hydrogens (tertiary/aromatic N) is 1. The Labute approximate surface area is 139 Å². The summed E-state index contributed by atoms with van der Waals surface area (Å²) in [6.45, 7) is 3.75. The Morgan fingerprint density at radius 2 is 1.92 bits per heavy atom. The molecule has 24 heavy (non-hydrogen) atoms. The molecule has 0 aliphatic heterocycles. The van der Waals surface area contributed by atoms with Gasteiger partial charge in [-0.1, -0.05) is 12.1 Å². The highest BCUT2D eigenvalue weighted by Gasteiger charge is 2.39. The number of carboxylic acid groups (broad SMARTS) is 1. The number of rotatable bonds is 4. The van der Waals surface area contributed by atoms with Gasteiger partial charge in [0.2, 0.25) is 0 Å². The van der Waals surface area contributed by atoms with Crippen LogP contribution in [0.3, 0.4) is 0 Å². The molecule has 0 spiro atoms. The number of thiazole rings is 1. The molecule has 0 fully saturated rings. The van der Waals surface area contributed by atoms with Crippen LogP contribution in [0.15, 0.2) is 18.2 Å². The predicted molar refractivity (Wildman–Crippen MR) is 83.0 cm³/mol. The zero-order chi connectivity index (χ0) is 18.1. The molecule has 0 unspecified atom stereocenters. The average molecular weight is 358 g/mol. The van der Waals surface area contributed by atoms with Crippen molar-refractivity contribution in [2.24, 2.45) is 0 Å². The number of hydrogen-bond acceptors (Lipinski definition) is 4. The van der Waals surface area contributed by atoms with Gasteiger partial charge in [0.15, 0.2) is 5.13 Å². The third-order valence-corrected chi connectivity index (χ3v) is 4.24. The molecule has 2 rings (SSSR count). The van der Waals surface area contributed by atoms with Crippen LogP contribution in [-0.2, 0) is 16.0 Å². The summed E-state index contributed by atoms with van der Waals surface area (Å²) in [5, 5.41) is 10.3. The van der Waals surface area contributed by atoms with Crippen LogP contribution in [0.5, 0.6) is 0 Å². The Hall–Kier alpha value is -2.42. The van der Waals surface area contributed by atoms with Gasteiger partial charge in [0.05, 0.1) is 12.1 Å². The third-order valence-electron chi connectivity index (χ3n) is 3.27. The maximum atomic E-state index is 12.3. The minimum Gasteiger partial charge on any atom is -0.481 e. The van der Waals surface area contributed by atoms with E-state index in [-0.39, 0.29) is 15.7 Å². The lowest BCUT2D eigenvalue weighted by Gasteiger charge is -2.05. The second-order valence-electron chi connectivity index (χ2n) is 5.11. The number of benzene rings is 1. The molecule has 5 nitrogen and oxygen atoms in total. The molecule has 2 N–H and O–H groups in total. The van der Waals surface area contributed by atoms with Crippen molar-refractivity contribution in [3.8, 4) is 11.3 Å². The number of aryl methyl sites for hydroxylation is 2. The van der Waals surface area contributed by atoms with E-state index < -0.39 is 24.5 Å². The summed E-state index contributed by atoms with van der Waals surface area (Å²) in [5.74, 6) is -3.29. The highest BCUT2D eigenvalue weighted by atomic mass is 32.1. The largest absolute Gasteiger partial charge is 0.481 e. The van der Waals surface area contributed by atoms with Crippen molar-refractivity contribution in [3.63, 3.8) is 0 Å². The first-order valence-electron chi connectivity index (χ1n) is 6.75. The highest BCUT2D eigenvalue weighted by molar-refractivity contribution is 7.16. The Bertz CT molecular complexity index is 800. The minimum absolute atomic E-state index is 0.253. The number of alkyl halides is 3. The van der Waals surface area contributed by atoms with E-state index in [0.717, 1.165) is 11.1 Å². The lowest BCUT2D eigenvalue weighted by atomic mass is 10.0. The van der Waals surface area contributed by atoms with Gasteiger partial charge in [-0.2, -0.15) is 13.2 Å². The number of aliphatic carboxylic acids is 1. The van der Waals surface area contributed by atoms with E-state index in [1.165, 1.54) is 0 Å². The van der Waals surface area contributed by atoms with Crippen molar-refractivity contribution in [2.45, 2.75) is 26.4 Å². The molecule has 0 atom stereocenters. The number of carbonyl (C=O) groups is 2. The molecule has 9 heteroatoms. The van der Waals surface area contributed by atoms with Gasteiger partial charge in [-0.15, -0.1) is 11.3 Å². The predicted octanol–water partition coefficient (Wildman–Crippen LogP) is 3.55. The monoisotopic (exact) mass is 358 g/mol. The van der Waals surface area contributed by atoms with Crippen molar-refractivity contribution in [3.05, 3.63) is 34.2 Å². The Morgan fingerprint density at radius 1 is 1.25 bits per heavy atom. The molecule has 1 aromatic heterocycles. The minimum atomic E-state index is -5.04. The molecule has 0 saturated heterocycles. The summed E-state index contributed by atoms with van der Waals surface area (Å²) in [6.07, 6.45) is -5.44. The number of hydrogen-bond donors (Lipinski definition) is 2. The fourth-order valence-corrected chi connectivity index (χ4v) is 2.91. The van der Waals surface area contributed by atoms with E-state index in [0.29, 0.717) is 16.9 Å². The molecule has 1 heterocycles. The van der Waals surface area contributed by atoms with Crippen LogP contribution in [0.2, 0.25) is 0 Å². The van der Waals surface area contributed by atoms with Crippen LogP contribution in [0, 0.1) is 13.8 Å². The van der Waals surface area contributed by atoms with Gasteiger partial charge in [-0.05, 0) is 31.0 Å². The van der Waals surface area contributed by atoms with E-state index in [9.17, 15) is 22.8 Å². The molecule has 0 aliphatic rings. The normalized spacial score (nSPS) is 11.4. The van der Waals surface area contributed by atoms with E-state index in [4.69, 9.17) is 5.11 Å². The number of carbonyl (C=O) groups excluding carboxylic acids is 1. The number of nitrogens with one attached hydrogen (secondary N) is 1. The maximum Gasteiger partial charge on any atom is 0.471 e. The van der Waals surface area contributed by atoms with E-state index in [1.807, 2.05) is 19.9 Å². The number of amides is 1. The van der Waals surface area contributed by atoms with Gasteiger partial charge in [-0.25, -0.2) is 4.98 Å². The SMILES string of the molecule is Cc1ccc(-c2nc(NC(=O)C(F)(F)F)sc2CC(=O)O)cc1C. The Balaban J connectivity index is 2.43. The van der Waals surface area contributed by atoms with Crippen LogP contribution in [0.25, 0.3) is 11.3 Å². The van der Waals surface area contributed by atoms with Crippen LogP contribution in [0.1, 0.15) is 16.0 Å². The molecule has 0 aliphatic carbocycles. The van der Waals surface area contributed by atoms with Gasteiger partial charge in [0.1, 0.15) is 0 Å². The maximum absolute atomic E-state index is 12.3. The average Bonchev–Trinajstić information content (AvgIpc) is 2.82. The van der Waals surface area contributed by atoms with Crippen molar-refractivity contribution in [1.29, 1.82) is 0 Å². The summed E-state index contributed by atoms with van der Waals surface area (Å²) in [6, 6.07) is 5.28. The smallest absolute Gasteiger partial charge is 0.471 e. The fourth-order valence-electron chi connectivity index (χ4n) is 1.94. The fraction of sp³-hybridized carbons (Fsp3) is 0.267. The summed E-state index contributed by atoms with van der Waals surface area (Å²) in [4.78, 5) is 26.2. The van der Waals surface area contributed by atoms with Gasteiger partial charge in [0.25, 0.3) is 0 Å². The molecule has 1 aromatic carbocycles. The summed E-state index contributed by atoms with van der Waals surface area (Å²) in [7, 11) is 0. The standard InChI is InChI=1S/C15H13F3N2O3S/c1-7-3-4-9(5-8(7)2)12-10(6-11(21)22)24-14(19-12)20-13(23)15(16,17)18/h3-5H,6H2,1-2H3,(H,21,22)(H,19,20,23). The summed E-state index contributed by atoms with van der Waals surface area (Å²) in [5.41, 5.74) is 2.78. The van der Waals surface area contributed by atoms with Crippen LogP contribution in [0.4, 0.5) is 18.3 Å². The van der Waals surface area contributed by atoms with Crippen LogP contribution in [-0.4, -0.2) is 28.1 Å². The van der Waals surface area contributed by atoms with Crippen molar-refractivity contribution in [1.82, 2.24) is 4.98 Å². The topological polar surface area (TPSA) is 79.3 Å². The molecule has 0 bridgehead atoms. The first-order chi connectivity index (χ1) is 11.1. The number of anilines is 1. The molecular weight excluding hydrogens is 345 g/mol. The van der Waals surface area contributed by atoms with E-state index in [2.05, 4.69) is 4.98 Å². The quantitative estimate of drug-likeness (QED) is 0.876. The number of halogens is 3. The second kappa shape index (κ2) is 6.60. The molecule has 2 aromatic rings. The number of aromatic nitrogens is 1. The second-order valence-corrected chi connectivity index (χ2v) is 6.20. The van der Waals surface area contributed by atoms with E-state index >= 15 is 0 Å². The lowest BCUT2D eigenvalue weighted by molar-refractivity contribution is -0.167. The Kier molecular flexibility index (Phi) is 4.93.